The van der Waals surface area contributed by atoms with Crippen molar-refractivity contribution in [3.05, 3.63) is 77.8 Å². The lowest BCUT2D eigenvalue weighted by Gasteiger charge is -2.31. The first-order valence-corrected chi connectivity index (χ1v) is 10.7. The first-order valence-electron chi connectivity index (χ1n) is 10.7. The Morgan fingerprint density at radius 1 is 0.903 bits per heavy atom. The minimum absolute atomic E-state index is 0.147. The minimum atomic E-state index is -0.293. The van der Waals surface area contributed by atoms with Gasteiger partial charge in [0.25, 0.3) is 0 Å². The van der Waals surface area contributed by atoms with Gasteiger partial charge in [0.15, 0.2) is 0 Å². The predicted octanol–water partition coefficient (Wildman–Crippen LogP) is 6.64. The second kappa shape index (κ2) is 8.17. The molecule has 2 heterocycles. The van der Waals surface area contributed by atoms with Gasteiger partial charge in [-0.25, -0.2) is 8.78 Å². The maximum Gasteiger partial charge on any atom is 0.247 e. The van der Waals surface area contributed by atoms with Crippen molar-refractivity contribution in [2.24, 2.45) is 5.92 Å². The SMILES string of the molecule is C[C@@H](c1nnc(-c2ccc(F)cc2)o1)[C@H]1CC[C@@H](c2ccnc3ccc(F)cc32)CC1. The maximum absolute atomic E-state index is 13.8. The fraction of sp³-hybridized carbons (Fsp3) is 0.320. The van der Waals surface area contributed by atoms with E-state index in [1.165, 1.54) is 23.8 Å². The molecule has 0 spiro atoms. The molecular weight excluding hydrogens is 396 g/mol. The normalized spacial score (nSPS) is 20.1. The molecule has 0 N–H and O–H groups in total. The summed E-state index contributed by atoms with van der Waals surface area (Å²) in [7, 11) is 0. The largest absolute Gasteiger partial charge is 0.420 e. The van der Waals surface area contributed by atoms with E-state index in [4.69, 9.17) is 4.42 Å². The molecule has 0 aliphatic heterocycles. The molecule has 1 fully saturated rings. The molecule has 0 bridgehead atoms. The molecule has 31 heavy (non-hydrogen) atoms. The number of benzene rings is 2. The lowest BCUT2D eigenvalue weighted by atomic mass is 9.74. The fourth-order valence-electron chi connectivity index (χ4n) is 4.76. The number of fused-ring (bicyclic) bond motifs is 1. The minimum Gasteiger partial charge on any atom is -0.420 e. The first kappa shape index (κ1) is 19.8. The van der Waals surface area contributed by atoms with Gasteiger partial charge in [0.2, 0.25) is 11.8 Å². The number of rotatable bonds is 4. The Labute approximate surface area is 179 Å². The van der Waals surface area contributed by atoms with Crippen LogP contribution in [0, 0.1) is 17.6 Å². The van der Waals surface area contributed by atoms with Gasteiger partial charge in [0.05, 0.1) is 5.52 Å². The van der Waals surface area contributed by atoms with Crippen LogP contribution in [0.25, 0.3) is 22.4 Å². The standard InChI is InChI=1S/C25H23F2N3O/c1-15(24-29-30-25(31-24)18-6-8-19(26)9-7-18)16-2-4-17(5-3-16)21-12-13-28-23-11-10-20(27)14-22(21)23/h6-17H,2-5H2,1H3/t15-,16-,17+/m1/s1. The van der Waals surface area contributed by atoms with Crippen molar-refractivity contribution in [2.75, 3.05) is 0 Å². The molecule has 0 saturated heterocycles. The lowest BCUT2D eigenvalue weighted by molar-refractivity contribution is 0.266. The van der Waals surface area contributed by atoms with Crippen LogP contribution in [-0.4, -0.2) is 15.2 Å². The summed E-state index contributed by atoms with van der Waals surface area (Å²) in [6, 6.07) is 12.9. The molecule has 1 atom stereocenters. The third kappa shape index (κ3) is 3.94. The Kier molecular flexibility index (Phi) is 5.22. The zero-order chi connectivity index (χ0) is 21.4. The average Bonchev–Trinajstić information content (AvgIpc) is 3.29. The Hall–Kier alpha value is -3.15. The van der Waals surface area contributed by atoms with Crippen LogP contribution in [0.3, 0.4) is 0 Å². The fourth-order valence-corrected chi connectivity index (χ4v) is 4.76. The Morgan fingerprint density at radius 3 is 2.42 bits per heavy atom. The molecule has 5 rings (SSSR count). The number of hydrogen-bond acceptors (Lipinski definition) is 4. The summed E-state index contributed by atoms with van der Waals surface area (Å²) >= 11 is 0. The molecular formula is C25H23F2N3O. The molecule has 0 amide bonds. The quantitative estimate of drug-likeness (QED) is 0.372. The first-order chi connectivity index (χ1) is 15.1. The highest BCUT2D eigenvalue weighted by Gasteiger charge is 2.30. The highest BCUT2D eigenvalue weighted by Crippen LogP contribution is 2.43. The van der Waals surface area contributed by atoms with E-state index in [2.05, 4.69) is 22.1 Å². The highest BCUT2D eigenvalue weighted by atomic mass is 19.1. The zero-order valence-electron chi connectivity index (χ0n) is 17.3. The third-order valence-electron chi connectivity index (χ3n) is 6.58. The van der Waals surface area contributed by atoms with Crippen molar-refractivity contribution >= 4 is 10.9 Å². The molecule has 1 aliphatic carbocycles. The molecule has 1 aliphatic rings. The summed E-state index contributed by atoms with van der Waals surface area (Å²) in [5.41, 5.74) is 2.74. The predicted molar refractivity (Wildman–Crippen MR) is 115 cm³/mol. The van der Waals surface area contributed by atoms with Gasteiger partial charge in [-0.15, -0.1) is 10.2 Å². The number of pyridine rings is 1. The molecule has 158 valence electrons. The van der Waals surface area contributed by atoms with Gasteiger partial charge in [0.1, 0.15) is 11.6 Å². The van der Waals surface area contributed by atoms with Crippen molar-refractivity contribution in [1.29, 1.82) is 0 Å². The van der Waals surface area contributed by atoms with Crippen LogP contribution in [0.15, 0.2) is 59.1 Å². The monoisotopic (exact) mass is 419 g/mol. The van der Waals surface area contributed by atoms with Crippen LogP contribution in [-0.2, 0) is 0 Å². The molecule has 4 aromatic rings. The second-order valence-electron chi connectivity index (χ2n) is 8.41. The summed E-state index contributed by atoms with van der Waals surface area (Å²) in [5.74, 6) is 1.51. The van der Waals surface area contributed by atoms with E-state index >= 15 is 0 Å². The number of nitrogens with zero attached hydrogens (tertiary/aromatic N) is 3. The Bertz CT molecular complexity index is 1200. The third-order valence-corrected chi connectivity index (χ3v) is 6.58. The van der Waals surface area contributed by atoms with Crippen LogP contribution >= 0.6 is 0 Å². The second-order valence-corrected chi connectivity index (χ2v) is 8.41. The van der Waals surface area contributed by atoms with E-state index in [9.17, 15) is 8.78 Å². The van der Waals surface area contributed by atoms with Gasteiger partial charge in [-0.2, -0.15) is 0 Å². The molecule has 4 nitrogen and oxygen atoms in total. The number of halogens is 2. The summed E-state index contributed by atoms with van der Waals surface area (Å²) in [6.45, 7) is 2.13. The van der Waals surface area contributed by atoms with Crippen molar-refractivity contribution < 1.29 is 13.2 Å². The van der Waals surface area contributed by atoms with Crippen molar-refractivity contribution in [3.63, 3.8) is 0 Å². The Balaban J connectivity index is 1.29. The van der Waals surface area contributed by atoms with Crippen LogP contribution in [0.4, 0.5) is 8.78 Å². The van der Waals surface area contributed by atoms with Gasteiger partial charge >= 0.3 is 0 Å². The van der Waals surface area contributed by atoms with Gasteiger partial charge in [-0.3, -0.25) is 4.98 Å². The van der Waals surface area contributed by atoms with Crippen molar-refractivity contribution in [2.45, 2.75) is 44.4 Å². The van der Waals surface area contributed by atoms with Gasteiger partial charge in [-0.1, -0.05) is 6.92 Å². The Morgan fingerprint density at radius 2 is 1.65 bits per heavy atom. The molecule has 2 aromatic heterocycles. The highest BCUT2D eigenvalue weighted by molar-refractivity contribution is 5.82. The molecule has 6 heteroatoms. The van der Waals surface area contributed by atoms with Gasteiger partial charge in [0, 0.05) is 23.1 Å². The van der Waals surface area contributed by atoms with Crippen LogP contribution in [0.2, 0.25) is 0 Å². The van der Waals surface area contributed by atoms with E-state index in [-0.39, 0.29) is 17.6 Å². The topological polar surface area (TPSA) is 51.8 Å². The van der Waals surface area contributed by atoms with E-state index in [1.54, 1.807) is 24.3 Å². The van der Waals surface area contributed by atoms with Gasteiger partial charge in [-0.05, 0) is 91.6 Å². The maximum atomic E-state index is 13.8. The van der Waals surface area contributed by atoms with E-state index < -0.39 is 0 Å². The molecule has 2 aromatic carbocycles. The average molecular weight is 419 g/mol. The van der Waals surface area contributed by atoms with Crippen LogP contribution in [0.1, 0.15) is 55.9 Å². The van der Waals surface area contributed by atoms with E-state index in [1.807, 2.05) is 12.3 Å². The summed E-state index contributed by atoms with van der Waals surface area (Å²) in [6.07, 6.45) is 5.96. The zero-order valence-corrected chi connectivity index (χ0v) is 17.3. The summed E-state index contributed by atoms with van der Waals surface area (Å²) < 4.78 is 32.9. The van der Waals surface area contributed by atoms with Crippen molar-refractivity contribution in [3.8, 4) is 11.5 Å². The number of aromatic nitrogens is 3. The summed E-state index contributed by atoms with van der Waals surface area (Å²) in [5, 5.41) is 9.33. The smallest absolute Gasteiger partial charge is 0.247 e. The van der Waals surface area contributed by atoms with Crippen LogP contribution < -0.4 is 0 Å². The molecule has 0 unspecified atom stereocenters. The van der Waals surface area contributed by atoms with E-state index in [0.717, 1.165) is 36.6 Å². The van der Waals surface area contributed by atoms with E-state index in [0.29, 0.717) is 29.2 Å². The summed E-state index contributed by atoms with van der Waals surface area (Å²) in [4.78, 5) is 4.38. The number of hydrogen-bond donors (Lipinski definition) is 0. The molecule has 1 saturated carbocycles. The van der Waals surface area contributed by atoms with Crippen LogP contribution in [0.5, 0.6) is 0 Å². The van der Waals surface area contributed by atoms with Crippen molar-refractivity contribution in [1.82, 2.24) is 15.2 Å². The molecule has 0 radical (unpaired) electrons. The lowest BCUT2D eigenvalue weighted by Crippen LogP contribution is -2.18. The van der Waals surface area contributed by atoms with Gasteiger partial charge < -0.3 is 4.42 Å².